The molecule has 0 heterocycles. The predicted molar refractivity (Wildman–Crippen MR) is 64.8 cm³/mol. The minimum absolute atomic E-state index is 0.0426. The van der Waals surface area contributed by atoms with Gasteiger partial charge >= 0.3 is 5.97 Å². The van der Waals surface area contributed by atoms with Crippen LogP contribution in [-0.2, 0) is 9.68 Å². The molecule has 1 aromatic carbocycles. The fourth-order valence-corrected chi connectivity index (χ4v) is 1.13. The van der Waals surface area contributed by atoms with E-state index in [1.807, 2.05) is 13.8 Å². The Labute approximate surface area is 103 Å². The molecule has 3 nitrogen and oxygen atoms in total. The van der Waals surface area contributed by atoms with Gasteiger partial charge in [-0.15, -0.1) is 0 Å². The first kappa shape index (κ1) is 12.8. The van der Waals surface area contributed by atoms with E-state index in [1.54, 1.807) is 24.3 Å². The average molecular weight is 285 g/mol. The maximum Gasteiger partial charge on any atom is 0.381 e. The van der Waals surface area contributed by atoms with E-state index in [4.69, 9.17) is 4.89 Å². The van der Waals surface area contributed by atoms with E-state index in [-0.39, 0.29) is 5.92 Å². The summed E-state index contributed by atoms with van der Waals surface area (Å²) in [6.07, 6.45) is 0. The minimum atomic E-state index is -0.544. The van der Waals surface area contributed by atoms with Crippen molar-refractivity contribution in [3.8, 4) is 5.75 Å². The number of hydrogen-bond acceptors (Lipinski definition) is 3. The van der Waals surface area contributed by atoms with Gasteiger partial charge in [-0.05, 0) is 30.2 Å². The first-order valence-corrected chi connectivity index (χ1v) is 5.63. The Morgan fingerprint density at radius 1 is 1.31 bits per heavy atom. The predicted octanol–water partition coefficient (Wildman–Crippen LogP) is 3.50. The van der Waals surface area contributed by atoms with Crippen LogP contribution in [-0.4, -0.2) is 5.97 Å². The number of rotatable bonds is 4. The molecule has 0 aromatic heterocycles. The van der Waals surface area contributed by atoms with Gasteiger partial charge in [-0.1, -0.05) is 36.4 Å². The van der Waals surface area contributed by atoms with Gasteiger partial charge in [0.25, 0.3) is 0 Å². The molecule has 0 fully saturated rings. The molecule has 0 aliphatic heterocycles. The maximum atomic E-state index is 11.4. The Bertz CT molecular complexity index is 382. The molecule has 1 rings (SSSR count). The molecule has 0 bridgehead atoms. The van der Waals surface area contributed by atoms with Crippen molar-refractivity contribution >= 4 is 21.9 Å². The van der Waals surface area contributed by atoms with Crippen LogP contribution in [0.1, 0.15) is 13.8 Å². The first-order valence-electron chi connectivity index (χ1n) is 4.84. The van der Waals surface area contributed by atoms with Crippen molar-refractivity contribution in [3.63, 3.8) is 0 Å². The molecule has 0 spiro atoms. The smallest absolute Gasteiger partial charge is 0.287 e. The second-order valence-corrected chi connectivity index (χ2v) is 4.50. The van der Waals surface area contributed by atoms with Gasteiger partial charge in [0.2, 0.25) is 0 Å². The van der Waals surface area contributed by atoms with Gasteiger partial charge in [-0.2, -0.15) is 0 Å². The van der Waals surface area contributed by atoms with Crippen LogP contribution >= 0.6 is 15.9 Å². The molecular formula is C12H13BrO3. The van der Waals surface area contributed by atoms with Crippen molar-refractivity contribution in [2.45, 2.75) is 13.8 Å². The van der Waals surface area contributed by atoms with Gasteiger partial charge in [-0.3, -0.25) is 4.89 Å². The van der Waals surface area contributed by atoms with Crippen LogP contribution in [0.2, 0.25) is 0 Å². The quantitative estimate of drug-likeness (QED) is 0.482. The molecule has 0 unspecified atom stereocenters. The molecule has 0 saturated carbocycles. The molecule has 16 heavy (non-hydrogen) atoms. The standard InChI is InChI=1S/C12H13BrO3/c1-8(2)9(3)12(14)16-15-11-6-4-10(13)5-7-11/h4-8H,3H2,1-2H3. The number of carbonyl (C=O) groups is 1. The van der Waals surface area contributed by atoms with Crippen molar-refractivity contribution in [1.82, 2.24) is 0 Å². The van der Waals surface area contributed by atoms with E-state index in [2.05, 4.69) is 27.4 Å². The van der Waals surface area contributed by atoms with E-state index < -0.39 is 5.97 Å². The lowest BCUT2D eigenvalue weighted by molar-refractivity contribution is -0.209. The molecule has 0 radical (unpaired) electrons. The van der Waals surface area contributed by atoms with Gasteiger partial charge < -0.3 is 0 Å². The fraction of sp³-hybridized carbons (Fsp3) is 0.250. The van der Waals surface area contributed by atoms with Crippen molar-refractivity contribution in [1.29, 1.82) is 0 Å². The fourth-order valence-electron chi connectivity index (χ4n) is 0.865. The van der Waals surface area contributed by atoms with Crippen molar-refractivity contribution < 1.29 is 14.6 Å². The van der Waals surface area contributed by atoms with E-state index in [9.17, 15) is 4.79 Å². The number of carbonyl (C=O) groups excluding carboxylic acids is 1. The molecule has 0 atom stereocenters. The summed E-state index contributed by atoms with van der Waals surface area (Å²) in [6, 6.07) is 6.96. The third-order valence-corrected chi connectivity index (χ3v) is 2.51. The van der Waals surface area contributed by atoms with Crippen molar-refractivity contribution in [2.75, 3.05) is 0 Å². The van der Waals surface area contributed by atoms with Crippen LogP contribution in [0.5, 0.6) is 5.75 Å². The summed E-state index contributed by atoms with van der Waals surface area (Å²) in [5.74, 6) is -0.0351. The van der Waals surface area contributed by atoms with Gasteiger partial charge in [-0.25, -0.2) is 9.68 Å². The third-order valence-electron chi connectivity index (χ3n) is 1.99. The molecule has 0 aliphatic carbocycles. The Balaban J connectivity index is 2.49. The summed E-state index contributed by atoms with van der Waals surface area (Å²) in [5.41, 5.74) is 0.386. The van der Waals surface area contributed by atoms with Crippen LogP contribution in [0, 0.1) is 5.92 Å². The monoisotopic (exact) mass is 284 g/mol. The third kappa shape index (κ3) is 3.70. The van der Waals surface area contributed by atoms with E-state index >= 15 is 0 Å². The second-order valence-electron chi connectivity index (χ2n) is 3.59. The van der Waals surface area contributed by atoms with Gasteiger partial charge in [0.05, 0.1) is 0 Å². The SMILES string of the molecule is C=C(C(=O)OOc1ccc(Br)cc1)C(C)C. The maximum absolute atomic E-state index is 11.4. The van der Waals surface area contributed by atoms with Gasteiger partial charge in [0.1, 0.15) is 0 Å². The summed E-state index contributed by atoms with van der Waals surface area (Å²) in [7, 11) is 0. The Morgan fingerprint density at radius 3 is 2.38 bits per heavy atom. The number of hydrogen-bond donors (Lipinski definition) is 0. The largest absolute Gasteiger partial charge is 0.381 e. The van der Waals surface area contributed by atoms with Crippen molar-refractivity contribution in [3.05, 3.63) is 40.9 Å². The highest BCUT2D eigenvalue weighted by Crippen LogP contribution is 2.17. The first-order chi connectivity index (χ1) is 7.50. The molecule has 0 aliphatic rings. The van der Waals surface area contributed by atoms with Crippen molar-refractivity contribution in [2.24, 2.45) is 5.92 Å². The zero-order chi connectivity index (χ0) is 12.1. The molecule has 1 aromatic rings. The minimum Gasteiger partial charge on any atom is -0.287 e. The lowest BCUT2D eigenvalue weighted by Gasteiger charge is -2.08. The number of halogens is 1. The van der Waals surface area contributed by atoms with Crippen LogP contribution in [0.15, 0.2) is 40.9 Å². The lowest BCUT2D eigenvalue weighted by Crippen LogP contribution is -2.13. The summed E-state index contributed by atoms with van der Waals surface area (Å²) in [4.78, 5) is 20.9. The van der Waals surface area contributed by atoms with E-state index in [1.165, 1.54) is 0 Å². The molecule has 0 amide bonds. The Kier molecular flexibility index (Phi) is 4.55. The van der Waals surface area contributed by atoms with Crippen LogP contribution in [0.3, 0.4) is 0 Å². The Morgan fingerprint density at radius 2 is 1.88 bits per heavy atom. The van der Waals surface area contributed by atoms with Gasteiger partial charge in [0.15, 0.2) is 5.75 Å². The highest BCUT2D eigenvalue weighted by Gasteiger charge is 2.13. The van der Waals surface area contributed by atoms with Crippen LogP contribution < -0.4 is 4.89 Å². The molecule has 4 heteroatoms. The molecule has 86 valence electrons. The zero-order valence-electron chi connectivity index (χ0n) is 9.20. The molecule has 0 saturated heterocycles. The number of benzene rings is 1. The molecular weight excluding hydrogens is 272 g/mol. The highest BCUT2D eigenvalue weighted by atomic mass is 79.9. The van der Waals surface area contributed by atoms with Crippen LogP contribution in [0.25, 0.3) is 0 Å². The topological polar surface area (TPSA) is 35.5 Å². The second kappa shape index (κ2) is 5.70. The Hall–Kier alpha value is -1.29. The average Bonchev–Trinajstić information content (AvgIpc) is 2.26. The summed E-state index contributed by atoms with van der Waals surface area (Å²) < 4.78 is 0.928. The van der Waals surface area contributed by atoms with E-state index in [0.717, 1.165) is 4.47 Å². The highest BCUT2D eigenvalue weighted by molar-refractivity contribution is 9.10. The summed E-state index contributed by atoms with van der Waals surface area (Å²) in [5, 5.41) is 0. The summed E-state index contributed by atoms with van der Waals surface area (Å²) in [6.45, 7) is 7.35. The van der Waals surface area contributed by atoms with Crippen LogP contribution in [0.4, 0.5) is 0 Å². The normalized spacial score (nSPS) is 10.0. The van der Waals surface area contributed by atoms with E-state index in [0.29, 0.717) is 11.3 Å². The lowest BCUT2D eigenvalue weighted by atomic mass is 10.1. The zero-order valence-corrected chi connectivity index (χ0v) is 10.8. The molecule has 0 N–H and O–H groups in total. The summed E-state index contributed by atoms with van der Waals surface area (Å²) >= 11 is 3.29. The van der Waals surface area contributed by atoms with Gasteiger partial charge in [0, 0.05) is 10.0 Å².